The number of amides is 2. The summed E-state index contributed by atoms with van der Waals surface area (Å²) in [5, 5.41) is 25.3. The van der Waals surface area contributed by atoms with Crippen LogP contribution in [-0.4, -0.2) is 40.0 Å². The predicted octanol–water partition coefficient (Wildman–Crippen LogP) is 4.88. The minimum absolute atomic E-state index is 0.0193. The number of anilines is 1. The number of halogens is 2. The molecular weight excluding hydrogens is 507 g/mol. The zero-order chi connectivity index (χ0) is 26.8. The number of rotatable bonds is 8. The second kappa shape index (κ2) is 10.5. The second-order valence-corrected chi connectivity index (χ2v) is 10.6. The lowest BCUT2D eigenvalue weighted by Crippen LogP contribution is -2.49. The first kappa shape index (κ1) is 27.5. The van der Waals surface area contributed by atoms with Gasteiger partial charge >= 0.3 is 11.9 Å². The molecular formula is C26H28Cl2N2O6. The summed E-state index contributed by atoms with van der Waals surface area (Å²) in [6.45, 7) is 5.09. The minimum atomic E-state index is -1.20. The molecule has 0 radical (unpaired) electrons. The molecule has 3 atom stereocenters. The van der Waals surface area contributed by atoms with Gasteiger partial charge in [0, 0.05) is 23.6 Å². The maximum Gasteiger partial charge on any atom is 0.326 e. The number of benzene rings is 2. The molecule has 3 rings (SSSR count). The third kappa shape index (κ3) is 5.50. The van der Waals surface area contributed by atoms with Gasteiger partial charge in [-0.3, -0.25) is 14.4 Å². The zero-order valence-electron chi connectivity index (χ0n) is 20.1. The fourth-order valence-corrected chi connectivity index (χ4v) is 4.91. The van der Waals surface area contributed by atoms with Gasteiger partial charge in [-0.25, -0.2) is 4.79 Å². The molecule has 0 heterocycles. The van der Waals surface area contributed by atoms with Gasteiger partial charge in [-0.05, 0) is 61.1 Å². The van der Waals surface area contributed by atoms with Crippen molar-refractivity contribution in [2.75, 3.05) is 5.32 Å². The van der Waals surface area contributed by atoms with Crippen LogP contribution in [0.4, 0.5) is 5.69 Å². The summed E-state index contributed by atoms with van der Waals surface area (Å²) in [6, 6.07) is 9.91. The standard InChI is InChI=1S/C26H28Cl2N2O6/c1-25(2)17(10-11-26(25,3)24(35)36)22(32)30-20(23(33)34)12-14-4-7-16(8-5-14)29-21(31)15-6-9-18(27)19(28)13-15/h4-9,13,17,20H,10-12H2,1-3H3,(H,29,31)(H,30,32)(H,33,34)(H,35,36)/t17-,20+,26+/m1/s1. The maximum atomic E-state index is 13.0. The SMILES string of the molecule is CC1(C)[C@@H](C(=O)N[C@@H](Cc2ccc(NC(=O)c3ccc(Cl)c(Cl)c3)cc2)C(=O)O)CC[C@@]1(C)C(=O)O. The lowest BCUT2D eigenvalue weighted by molar-refractivity contribution is -0.155. The Kier molecular flexibility index (Phi) is 8.00. The van der Waals surface area contributed by atoms with Crippen LogP contribution in [0.1, 0.15) is 49.5 Å². The topological polar surface area (TPSA) is 133 Å². The van der Waals surface area contributed by atoms with Gasteiger partial charge in [-0.2, -0.15) is 0 Å². The van der Waals surface area contributed by atoms with Gasteiger partial charge in [0.05, 0.1) is 15.5 Å². The van der Waals surface area contributed by atoms with Crippen molar-refractivity contribution in [2.45, 2.75) is 46.1 Å². The van der Waals surface area contributed by atoms with E-state index in [1.165, 1.54) is 12.1 Å². The number of hydrogen-bond donors (Lipinski definition) is 4. The number of carbonyl (C=O) groups excluding carboxylic acids is 2. The van der Waals surface area contributed by atoms with E-state index in [1.807, 2.05) is 0 Å². The van der Waals surface area contributed by atoms with Gasteiger partial charge < -0.3 is 20.8 Å². The van der Waals surface area contributed by atoms with Crippen LogP contribution in [0, 0.1) is 16.7 Å². The molecule has 1 saturated carbocycles. The van der Waals surface area contributed by atoms with Gasteiger partial charge in [0.25, 0.3) is 5.91 Å². The third-order valence-corrected chi connectivity index (χ3v) is 8.20. The van der Waals surface area contributed by atoms with E-state index in [0.717, 1.165) is 0 Å². The summed E-state index contributed by atoms with van der Waals surface area (Å²) in [4.78, 5) is 49.1. The molecule has 10 heteroatoms. The molecule has 2 aromatic rings. The molecule has 2 aromatic carbocycles. The van der Waals surface area contributed by atoms with Crippen LogP contribution in [0.5, 0.6) is 0 Å². The smallest absolute Gasteiger partial charge is 0.326 e. The van der Waals surface area contributed by atoms with Gasteiger partial charge in [0.15, 0.2) is 0 Å². The van der Waals surface area contributed by atoms with E-state index < -0.39 is 40.6 Å². The molecule has 0 bridgehead atoms. The van der Waals surface area contributed by atoms with E-state index in [4.69, 9.17) is 23.2 Å². The highest BCUT2D eigenvalue weighted by molar-refractivity contribution is 6.42. The molecule has 0 saturated heterocycles. The van der Waals surface area contributed by atoms with E-state index in [-0.39, 0.29) is 17.4 Å². The molecule has 8 nitrogen and oxygen atoms in total. The fraction of sp³-hybridized carbons (Fsp3) is 0.385. The van der Waals surface area contributed by atoms with E-state index in [0.29, 0.717) is 34.7 Å². The van der Waals surface area contributed by atoms with Crippen LogP contribution >= 0.6 is 23.2 Å². The Balaban J connectivity index is 1.66. The van der Waals surface area contributed by atoms with E-state index in [2.05, 4.69) is 10.6 Å². The van der Waals surface area contributed by atoms with Gasteiger partial charge in [-0.15, -0.1) is 0 Å². The second-order valence-electron chi connectivity index (χ2n) is 9.83. The highest BCUT2D eigenvalue weighted by Crippen LogP contribution is 2.56. The van der Waals surface area contributed by atoms with Crippen LogP contribution < -0.4 is 10.6 Å². The van der Waals surface area contributed by atoms with Crippen LogP contribution in [0.15, 0.2) is 42.5 Å². The molecule has 2 amide bonds. The van der Waals surface area contributed by atoms with Crippen molar-refractivity contribution in [3.8, 4) is 0 Å². The molecule has 1 aliphatic rings. The number of nitrogens with one attached hydrogen (secondary N) is 2. The molecule has 4 N–H and O–H groups in total. The van der Waals surface area contributed by atoms with Crippen molar-refractivity contribution in [2.24, 2.45) is 16.7 Å². The van der Waals surface area contributed by atoms with Crippen LogP contribution in [-0.2, 0) is 20.8 Å². The maximum absolute atomic E-state index is 13.0. The van der Waals surface area contributed by atoms with Gasteiger partial charge in [0.2, 0.25) is 5.91 Å². The van der Waals surface area contributed by atoms with E-state index in [9.17, 15) is 29.4 Å². The molecule has 1 aliphatic carbocycles. The Bertz CT molecular complexity index is 1200. The number of carboxylic acid groups (broad SMARTS) is 2. The van der Waals surface area contributed by atoms with Crippen molar-refractivity contribution in [3.63, 3.8) is 0 Å². The van der Waals surface area contributed by atoms with Crippen LogP contribution in [0.3, 0.4) is 0 Å². The van der Waals surface area contributed by atoms with E-state index >= 15 is 0 Å². The molecule has 0 aromatic heterocycles. The largest absolute Gasteiger partial charge is 0.481 e. The summed E-state index contributed by atoms with van der Waals surface area (Å²) in [7, 11) is 0. The lowest BCUT2D eigenvalue weighted by Gasteiger charge is -2.38. The quantitative estimate of drug-likeness (QED) is 0.381. The first-order chi connectivity index (χ1) is 16.8. The first-order valence-corrected chi connectivity index (χ1v) is 12.1. The first-order valence-electron chi connectivity index (χ1n) is 11.4. The number of carboxylic acids is 2. The Morgan fingerprint density at radius 3 is 2.17 bits per heavy atom. The summed E-state index contributed by atoms with van der Waals surface area (Å²) < 4.78 is 0. The van der Waals surface area contributed by atoms with Crippen molar-refractivity contribution in [1.29, 1.82) is 0 Å². The molecule has 0 unspecified atom stereocenters. The van der Waals surface area contributed by atoms with Crippen molar-refractivity contribution in [3.05, 3.63) is 63.6 Å². The Labute approximate surface area is 219 Å². The predicted molar refractivity (Wildman–Crippen MR) is 136 cm³/mol. The Hall–Kier alpha value is -3.10. The fourth-order valence-electron chi connectivity index (χ4n) is 4.61. The molecule has 0 aliphatic heterocycles. The van der Waals surface area contributed by atoms with Crippen LogP contribution in [0.2, 0.25) is 10.0 Å². The van der Waals surface area contributed by atoms with Gasteiger partial charge in [-0.1, -0.05) is 49.2 Å². The Morgan fingerprint density at radius 1 is 1.00 bits per heavy atom. The lowest BCUT2D eigenvalue weighted by atomic mass is 9.65. The molecule has 36 heavy (non-hydrogen) atoms. The van der Waals surface area contributed by atoms with Crippen LogP contribution in [0.25, 0.3) is 0 Å². The molecule has 192 valence electrons. The highest BCUT2D eigenvalue weighted by atomic mass is 35.5. The summed E-state index contributed by atoms with van der Waals surface area (Å²) in [5.41, 5.74) is -0.468. The van der Waals surface area contributed by atoms with Crippen molar-refractivity contribution in [1.82, 2.24) is 5.32 Å². The normalized spacial score (nSPS) is 21.4. The number of hydrogen-bond acceptors (Lipinski definition) is 4. The van der Waals surface area contributed by atoms with Gasteiger partial charge in [0.1, 0.15) is 6.04 Å². The van der Waals surface area contributed by atoms with Crippen molar-refractivity contribution >= 4 is 52.6 Å². The highest BCUT2D eigenvalue weighted by Gasteiger charge is 2.58. The summed E-state index contributed by atoms with van der Waals surface area (Å²) >= 11 is 11.8. The molecule has 0 spiro atoms. The Morgan fingerprint density at radius 2 is 1.64 bits per heavy atom. The molecule has 1 fully saturated rings. The monoisotopic (exact) mass is 534 g/mol. The zero-order valence-corrected chi connectivity index (χ0v) is 21.6. The van der Waals surface area contributed by atoms with Crippen molar-refractivity contribution < 1.29 is 29.4 Å². The minimum Gasteiger partial charge on any atom is -0.481 e. The van der Waals surface area contributed by atoms with E-state index in [1.54, 1.807) is 51.1 Å². The number of aliphatic carboxylic acids is 2. The average Bonchev–Trinajstić information content (AvgIpc) is 3.06. The average molecular weight is 535 g/mol. The summed E-state index contributed by atoms with van der Waals surface area (Å²) in [6.07, 6.45) is 0.715. The number of carbonyl (C=O) groups is 4. The third-order valence-electron chi connectivity index (χ3n) is 7.46. The summed E-state index contributed by atoms with van der Waals surface area (Å²) in [5.74, 6) is -3.65.